The fourth-order valence-electron chi connectivity index (χ4n) is 3.27. The molecule has 1 aliphatic heterocycles. The molecule has 3 atom stereocenters. The monoisotopic (exact) mass is 318 g/mol. The summed E-state index contributed by atoms with van der Waals surface area (Å²) in [5.41, 5.74) is 2.29. The van der Waals surface area contributed by atoms with Crippen LogP contribution in [0, 0.1) is 12.8 Å². The van der Waals surface area contributed by atoms with Crippen LogP contribution >= 0.6 is 0 Å². The second kappa shape index (κ2) is 7.59. The number of ether oxygens (including phenoxy) is 1. The zero-order valence-electron chi connectivity index (χ0n) is 14.3. The van der Waals surface area contributed by atoms with Crippen LogP contribution in [-0.4, -0.2) is 42.5 Å². The summed E-state index contributed by atoms with van der Waals surface area (Å²) in [6, 6.07) is 7.77. The van der Waals surface area contributed by atoms with Crippen LogP contribution in [0.15, 0.2) is 24.3 Å². The van der Waals surface area contributed by atoms with Gasteiger partial charge in [0.2, 0.25) is 5.91 Å². The highest BCUT2D eigenvalue weighted by atomic mass is 16.5. The smallest absolute Gasteiger partial charge is 0.310 e. The van der Waals surface area contributed by atoms with E-state index in [1.807, 2.05) is 45.0 Å². The van der Waals surface area contributed by atoms with E-state index in [9.17, 15) is 9.59 Å². The summed E-state index contributed by atoms with van der Waals surface area (Å²) in [6.45, 7) is 7.18. The first-order chi connectivity index (χ1) is 11.0. The number of benzene rings is 1. The third-order valence-electron chi connectivity index (χ3n) is 4.90. The van der Waals surface area contributed by atoms with Crippen molar-refractivity contribution in [3.05, 3.63) is 35.4 Å². The predicted octanol–water partition coefficient (Wildman–Crippen LogP) is 1.88. The first-order valence-corrected chi connectivity index (χ1v) is 8.11. The van der Waals surface area contributed by atoms with Crippen molar-refractivity contribution in [1.82, 2.24) is 10.2 Å². The van der Waals surface area contributed by atoms with Crippen molar-refractivity contribution in [1.29, 1.82) is 0 Å². The van der Waals surface area contributed by atoms with Gasteiger partial charge in [0.25, 0.3) is 0 Å². The second-order valence-corrected chi connectivity index (χ2v) is 6.22. The molecule has 1 N–H and O–H groups in total. The van der Waals surface area contributed by atoms with Gasteiger partial charge in [-0.15, -0.1) is 0 Å². The number of carbonyl (C=O) groups is 2. The van der Waals surface area contributed by atoms with Gasteiger partial charge >= 0.3 is 5.97 Å². The molecule has 1 heterocycles. The molecule has 2 rings (SSSR count). The highest BCUT2D eigenvalue weighted by molar-refractivity contribution is 5.81. The Morgan fingerprint density at radius 3 is 2.74 bits per heavy atom. The quantitative estimate of drug-likeness (QED) is 0.842. The maximum atomic E-state index is 12.4. The molecule has 1 amide bonds. The Hall–Kier alpha value is -1.88. The number of aryl methyl sites for hydroxylation is 1. The fourth-order valence-corrected chi connectivity index (χ4v) is 3.27. The van der Waals surface area contributed by atoms with Crippen LogP contribution in [-0.2, 0) is 20.9 Å². The van der Waals surface area contributed by atoms with Gasteiger partial charge in [-0.1, -0.05) is 24.3 Å². The molecule has 3 unspecified atom stereocenters. The van der Waals surface area contributed by atoms with Crippen molar-refractivity contribution in [2.24, 2.45) is 5.92 Å². The van der Waals surface area contributed by atoms with Crippen LogP contribution < -0.4 is 5.32 Å². The number of esters is 1. The molecule has 1 saturated heterocycles. The third kappa shape index (κ3) is 3.91. The normalized spacial score (nSPS) is 22.6. The SMILES string of the molecule is COC(=O)C1CCN(C(C)C(=O)NCc2ccccc2C)C1C. The average molecular weight is 318 g/mol. The van der Waals surface area contributed by atoms with E-state index in [2.05, 4.69) is 10.2 Å². The van der Waals surface area contributed by atoms with Crippen molar-refractivity contribution in [2.75, 3.05) is 13.7 Å². The van der Waals surface area contributed by atoms with Crippen molar-refractivity contribution < 1.29 is 14.3 Å². The summed E-state index contributed by atoms with van der Waals surface area (Å²) in [7, 11) is 1.41. The van der Waals surface area contributed by atoms with Crippen LogP contribution in [0.2, 0.25) is 0 Å². The highest BCUT2D eigenvalue weighted by Crippen LogP contribution is 2.27. The maximum Gasteiger partial charge on any atom is 0.310 e. The lowest BCUT2D eigenvalue weighted by atomic mass is 10.0. The first-order valence-electron chi connectivity index (χ1n) is 8.11. The molecular weight excluding hydrogens is 292 g/mol. The lowest BCUT2D eigenvalue weighted by Gasteiger charge is -2.29. The van der Waals surface area contributed by atoms with Crippen molar-refractivity contribution >= 4 is 11.9 Å². The molecular formula is C18H26N2O3. The third-order valence-corrected chi connectivity index (χ3v) is 4.90. The van der Waals surface area contributed by atoms with Crippen molar-refractivity contribution in [2.45, 2.75) is 45.8 Å². The number of likely N-dealkylation sites (tertiary alicyclic amines) is 1. The number of carbonyl (C=O) groups excluding carboxylic acids is 2. The number of rotatable bonds is 5. The fraction of sp³-hybridized carbons (Fsp3) is 0.556. The van der Waals surface area contributed by atoms with Gasteiger partial charge in [0.1, 0.15) is 0 Å². The number of nitrogens with zero attached hydrogens (tertiary/aromatic N) is 1. The van der Waals surface area contributed by atoms with E-state index in [0.29, 0.717) is 6.54 Å². The van der Waals surface area contributed by atoms with E-state index >= 15 is 0 Å². The lowest BCUT2D eigenvalue weighted by Crippen LogP contribution is -2.47. The Balaban J connectivity index is 1.93. The molecule has 5 nitrogen and oxygen atoms in total. The van der Waals surface area contributed by atoms with Crippen LogP contribution in [0.4, 0.5) is 0 Å². The standard InChI is InChI=1S/C18H26N2O3/c1-12-7-5-6-8-15(12)11-19-17(21)14(3)20-10-9-16(13(20)2)18(22)23-4/h5-8,13-14,16H,9-11H2,1-4H3,(H,19,21). The number of nitrogens with one attached hydrogen (secondary N) is 1. The van der Waals surface area contributed by atoms with Crippen LogP contribution in [0.1, 0.15) is 31.4 Å². The maximum absolute atomic E-state index is 12.4. The Kier molecular flexibility index (Phi) is 5.77. The zero-order valence-corrected chi connectivity index (χ0v) is 14.3. The summed E-state index contributed by atoms with van der Waals surface area (Å²) in [5, 5.41) is 3.00. The molecule has 0 saturated carbocycles. The number of hydrogen-bond acceptors (Lipinski definition) is 4. The Labute approximate surface area is 138 Å². The average Bonchev–Trinajstić information content (AvgIpc) is 2.94. The number of hydrogen-bond donors (Lipinski definition) is 1. The highest BCUT2D eigenvalue weighted by Gasteiger charge is 2.40. The number of amides is 1. The van der Waals surface area contributed by atoms with Gasteiger partial charge in [-0.2, -0.15) is 0 Å². The van der Waals surface area contributed by atoms with E-state index in [1.54, 1.807) is 0 Å². The molecule has 1 fully saturated rings. The molecule has 0 aromatic heterocycles. The Morgan fingerprint density at radius 1 is 1.39 bits per heavy atom. The topological polar surface area (TPSA) is 58.6 Å². The largest absolute Gasteiger partial charge is 0.469 e. The minimum absolute atomic E-state index is 0.00869. The Morgan fingerprint density at radius 2 is 2.09 bits per heavy atom. The van der Waals surface area contributed by atoms with Crippen molar-refractivity contribution in [3.8, 4) is 0 Å². The predicted molar refractivity (Wildman–Crippen MR) is 88.8 cm³/mol. The Bertz CT molecular complexity index is 573. The summed E-state index contributed by atoms with van der Waals surface area (Å²) in [5.74, 6) is -0.343. The van der Waals surface area contributed by atoms with Crippen LogP contribution in [0.25, 0.3) is 0 Å². The van der Waals surface area contributed by atoms with Gasteiger partial charge in [0.15, 0.2) is 0 Å². The van der Waals surface area contributed by atoms with Gasteiger partial charge in [0.05, 0.1) is 19.1 Å². The van der Waals surface area contributed by atoms with Crippen LogP contribution in [0.5, 0.6) is 0 Å². The molecule has 5 heteroatoms. The zero-order chi connectivity index (χ0) is 17.0. The van der Waals surface area contributed by atoms with Crippen LogP contribution in [0.3, 0.4) is 0 Å². The van der Waals surface area contributed by atoms with E-state index in [-0.39, 0.29) is 29.9 Å². The van der Waals surface area contributed by atoms with Gasteiger partial charge in [-0.3, -0.25) is 14.5 Å². The molecule has 126 valence electrons. The molecule has 0 bridgehead atoms. The van der Waals surface area contributed by atoms with Gasteiger partial charge in [-0.25, -0.2) is 0 Å². The molecule has 1 aromatic carbocycles. The molecule has 0 spiro atoms. The van der Waals surface area contributed by atoms with Gasteiger partial charge < -0.3 is 10.1 Å². The summed E-state index contributed by atoms with van der Waals surface area (Å²) < 4.78 is 4.85. The van der Waals surface area contributed by atoms with E-state index < -0.39 is 0 Å². The molecule has 1 aromatic rings. The van der Waals surface area contributed by atoms with Gasteiger partial charge in [0, 0.05) is 19.1 Å². The first kappa shape index (κ1) is 17.5. The second-order valence-electron chi connectivity index (χ2n) is 6.22. The number of methoxy groups -OCH3 is 1. The minimum atomic E-state index is -0.260. The lowest BCUT2D eigenvalue weighted by molar-refractivity contribution is -0.146. The summed E-state index contributed by atoms with van der Waals surface area (Å²) in [6.07, 6.45) is 0.739. The minimum Gasteiger partial charge on any atom is -0.469 e. The van der Waals surface area contributed by atoms with Crippen molar-refractivity contribution in [3.63, 3.8) is 0 Å². The summed E-state index contributed by atoms with van der Waals surface area (Å²) >= 11 is 0. The molecule has 23 heavy (non-hydrogen) atoms. The molecule has 0 aliphatic carbocycles. The molecule has 1 aliphatic rings. The van der Waals surface area contributed by atoms with Gasteiger partial charge in [-0.05, 0) is 38.3 Å². The summed E-state index contributed by atoms with van der Waals surface area (Å²) in [4.78, 5) is 26.3. The van der Waals surface area contributed by atoms with E-state index in [4.69, 9.17) is 4.74 Å². The van der Waals surface area contributed by atoms with E-state index in [0.717, 1.165) is 18.5 Å². The molecule has 0 radical (unpaired) electrons. The van der Waals surface area contributed by atoms with E-state index in [1.165, 1.54) is 12.7 Å².